The van der Waals surface area contributed by atoms with Crippen LogP contribution in [0, 0.1) is 0 Å². The minimum absolute atomic E-state index is 0.0128. The zero-order valence-electron chi connectivity index (χ0n) is 13.2. The molecule has 1 N–H and O–H groups in total. The van der Waals surface area contributed by atoms with Crippen molar-refractivity contribution in [2.45, 2.75) is 26.1 Å². The van der Waals surface area contributed by atoms with Gasteiger partial charge in [0.25, 0.3) is 0 Å². The highest BCUT2D eigenvalue weighted by molar-refractivity contribution is 7.89. The van der Waals surface area contributed by atoms with Crippen LogP contribution < -0.4 is 4.72 Å². The Morgan fingerprint density at radius 1 is 1.26 bits per heavy atom. The average molecular weight is 334 g/mol. The Labute approximate surface area is 137 Å². The number of fused-ring (bicyclic) bond motifs is 1. The maximum atomic E-state index is 11.7. The van der Waals surface area contributed by atoms with Gasteiger partial charge in [-0.1, -0.05) is 30.3 Å². The summed E-state index contributed by atoms with van der Waals surface area (Å²) in [5, 5.41) is 4.36. The smallest absolute Gasteiger partial charge is 0.211 e. The van der Waals surface area contributed by atoms with Crippen molar-refractivity contribution in [2.75, 3.05) is 18.8 Å². The zero-order chi connectivity index (χ0) is 16.3. The minimum Gasteiger partial charge on any atom is -0.291 e. The second kappa shape index (κ2) is 6.82. The van der Waals surface area contributed by atoms with Crippen molar-refractivity contribution in [1.29, 1.82) is 0 Å². The Morgan fingerprint density at radius 3 is 2.78 bits per heavy atom. The summed E-state index contributed by atoms with van der Waals surface area (Å²) in [5.41, 5.74) is 2.38. The lowest BCUT2D eigenvalue weighted by molar-refractivity contribution is 0.168. The number of nitrogens with zero attached hydrogens (tertiary/aromatic N) is 3. The van der Waals surface area contributed by atoms with E-state index < -0.39 is 10.0 Å². The molecule has 1 aliphatic rings. The summed E-state index contributed by atoms with van der Waals surface area (Å²) >= 11 is 0. The molecule has 23 heavy (non-hydrogen) atoms. The fourth-order valence-corrected chi connectivity index (χ4v) is 3.55. The van der Waals surface area contributed by atoms with Gasteiger partial charge in [0.15, 0.2) is 0 Å². The average Bonchev–Trinajstić information content (AvgIpc) is 3.02. The molecule has 1 aromatic heterocycles. The van der Waals surface area contributed by atoms with Crippen molar-refractivity contribution in [1.82, 2.24) is 19.4 Å². The van der Waals surface area contributed by atoms with Gasteiger partial charge >= 0.3 is 0 Å². The molecule has 3 rings (SSSR count). The topological polar surface area (TPSA) is 67.2 Å². The molecule has 0 unspecified atom stereocenters. The maximum Gasteiger partial charge on any atom is 0.211 e. The van der Waals surface area contributed by atoms with Crippen LogP contribution in [0.1, 0.15) is 24.2 Å². The van der Waals surface area contributed by atoms with Gasteiger partial charge in [-0.05, 0) is 18.6 Å². The Kier molecular flexibility index (Phi) is 4.79. The lowest BCUT2D eigenvalue weighted by Gasteiger charge is -2.34. The number of hydrogen-bond acceptors (Lipinski definition) is 4. The van der Waals surface area contributed by atoms with E-state index in [9.17, 15) is 8.42 Å². The first-order chi connectivity index (χ1) is 11.1. The summed E-state index contributed by atoms with van der Waals surface area (Å²) in [5.74, 6) is 0.0966. The van der Waals surface area contributed by atoms with E-state index >= 15 is 0 Å². The van der Waals surface area contributed by atoms with E-state index in [0.29, 0.717) is 6.54 Å². The molecule has 0 amide bonds. The van der Waals surface area contributed by atoms with Crippen molar-refractivity contribution in [3.05, 3.63) is 53.9 Å². The SMILES string of the molecule is CCS(=O)(=O)NC[C@H]1CN(Cc2ccccc2)Cc2ccnn21. The monoisotopic (exact) mass is 334 g/mol. The number of benzene rings is 1. The van der Waals surface area contributed by atoms with Crippen LogP contribution in [-0.4, -0.2) is 41.9 Å². The third-order valence-corrected chi connectivity index (χ3v) is 5.49. The van der Waals surface area contributed by atoms with E-state index in [4.69, 9.17) is 0 Å². The van der Waals surface area contributed by atoms with Crippen LogP contribution in [0.3, 0.4) is 0 Å². The Bertz CT molecular complexity index is 742. The van der Waals surface area contributed by atoms with E-state index in [2.05, 4.69) is 26.9 Å². The largest absolute Gasteiger partial charge is 0.291 e. The van der Waals surface area contributed by atoms with Gasteiger partial charge in [-0.25, -0.2) is 13.1 Å². The molecular formula is C16H22N4O2S. The second-order valence-electron chi connectivity index (χ2n) is 5.83. The first-order valence-electron chi connectivity index (χ1n) is 7.83. The lowest BCUT2D eigenvalue weighted by Crippen LogP contribution is -2.42. The van der Waals surface area contributed by atoms with Crippen LogP contribution in [0.4, 0.5) is 0 Å². The maximum absolute atomic E-state index is 11.7. The van der Waals surface area contributed by atoms with Crippen LogP contribution >= 0.6 is 0 Å². The quantitative estimate of drug-likeness (QED) is 0.867. The first-order valence-corrected chi connectivity index (χ1v) is 9.48. The summed E-state index contributed by atoms with van der Waals surface area (Å²) in [6, 6.07) is 12.3. The molecule has 0 aliphatic carbocycles. The molecule has 0 spiro atoms. The summed E-state index contributed by atoms with van der Waals surface area (Å²) < 4.78 is 28.0. The third kappa shape index (κ3) is 3.99. The molecule has 7 heteroatoms. The molecule has 6 nitrogen and oxygen atoms in total. The Hall–Kier alpha value is -1.70. The summed E-state index contributed by atoms with van der Waals surface area (Å²) in [6.07, 6.45) is 1.78. The molecule has 1 atom stereocenters. The number of rotatable bonds is 6. The highest BCUT2D eigenvalue weighted by atomic mass is 32.2. The molecule has 2 aromatic rings. The van der Waals surface area contributed by atoms with Gasteiger partial charge in [0, 0.05) is 32.4 Å². The molecule has 1 aromatic carbocycles. The highest BCUT2D eigenvalue weighted by Crippen LogP contribution is 2.21. The zero-order valence-corrected chi connectivity index (χ0v) is 14.0. The summed E-state index contributed by atoms with van der Waals surface area (Å²) in [6.45, 7) is 4.46. The van der Waals surface area contributed by atoms with Crippen LogP contribution in [0.15, 0.2) is 42.6 Å². The molecule has 124 valence electrons. The van der Waals surface area contributed by atoms with Gasteiger partial charge < -0.3 is 0 Å². The minimum atomic E-state index is -3.19. The van der Waals surface area contributed by atoms with Crippen LogP contribution in [0.5, 0.6) is 0 Å². The van der Waals surface area contributed by atoms with Crippen LogP contribution in [0.25, 0.3) is 0 Å². The molecule has 0 saturated heterocycles. The Balaban J connectivity index is 1.72. The normalized spacial score (nSPS) is 18.7. The molecule has 0 fully saturated rings. The molecular weight excluding hydrogens is 312 g/mol. The van der Waals surface area contributed by atoms with Gasteiger partial charge in [0.1, 0.15) is 0 Å². The predicted octanol–water partition coefficient (Wildman–Crippen LogP) is 1.38. The second-order valence-corrected chi connectivity index (χ2v) is 7.92. The summed E-state index contributed by atoms with van der Waals surface area (Å²) in [4.78, 5) is 2.33. The van der Waals surface area contributed by atoms with E-state index in [-0.39, 0.29) is 11.8 Å². The van der Waals surface area contributed by atoms with Gasteiger partial charge in [0.05, 0.1) is 17.5 Å². The Morgan fingerprint density at radius 2 is 2.04 bits per heavy atom. The highest BCUT2D eigenvalue weighted by Gasteiger charge is 2.26. The van der Waals surface area contributed by atoms with Crippen molar-refractivity contribution < 1.29 is 8.42 Å². The molecule has 0 bridgehead atoms. The predicted molar refractivity (Wildman–Crippen MR) is 89.3 cm³/mol. The van der Waals surface area contributed by atoms with Gasteiger partial charge in [-0.2, -0.15) is 5.10 Å². The lowest BCUT2D eigenvalue weighted by atomic mass is 10.1. The van der Waals surface area contributed by atoms with E-state index in [0.717, 1.165) is 25.3 Å². The van der Waals surface area contributed by atoms with Crippen LogP contribution in [0.2, 0.25) is 0 Å². The van der Waals surface area contributed by atoms with Crippen molar-refractivity contribution in [3.63, 3.8) is 0 Å². The third-order valence-electron chi connectivity index (χ3n) is 4.12. The van der Waals surface area contributed by atoms with Gasteiger partial charge in [-0.15, -0.1) is 0 Å². The van der Waals surface area contributed by atoms with Gasteiger partial charge in [0.2, 0.25) is 10.0 Å². The number of hydrogen-bond donors (Lipinski definition) is 1. The van der Waals surface area contributed by atoms with Crippen molar-refractivity contribution in [2.24, 2.45) is 0 Å². The number of nitrogens with one attached hydrogen (secondary N) is 1. The van der Waals surface area contributed by atoms with E-state index in [1.165, 1.54) is 5.56 Å². The molecule has 2 heterocycles. The molecule has 0 saturated carbocycles. The number of aromatic nitrogens is 2. The molecule has 1 aliphatic heterocycles. The van der Waals surface area contributed by atoms with E-state index in [1.54, 1.807) is 13.1 Å². The van der Waals surface area contributed by atoms with Crippen molar-refractivity contribution >= 4 is 10.0 Å². The van der Waals surface area contributed by atoms with Crippen molar-refractivity contribution in [3.8, 4) is 0 Å². The van der Waals surface area contributed by atoms with Crippen LogP contribution in [-0.2, 0) is 23.1 Å². The fraction of sp³-hybridized carbons (Fsp3) is 0.438. The van der Waals surface area contributed by atoms with Gasteiger partial charge in [-0.3, -0.25) is 9.58 Å². The molecule has 0 radical (unpaired) electrons. The standard InChI is InChI=1S/C16H22N4O2S/c1-2-23(21,22)18-10-16-13-19(11-14-6-4-3-5-7-14)12-15-8-9-17-20(15)16/h3-9,16,18H,2,10-13H2,1H3/t16-/m0/s1. The summed E-state index contributed by atoms with van der Waals surface area (Å²) in [7, 11) is -3.19. The fourth-order valence-electron chi connectivity index (χ4n) is 2.90. The number of sulfonamides is 1. The van der Waals surface area contributed by atoms with E-state index in [1.807, 2.05) is 28.9 Å². The first kappa shape index (κ1) is 16.2.